The molecule has 0 bridgehead atoms. The van der Waals surface area contributed by atoms with E-state index < -0.39 is 0 Å². The molecule has 0 amide bonds. The summed E-state index contributed by atoms with van der Waals surface area (Å²) < 4.78 is 5.48. The summed E-state index contributed by atoms with van der Waals surface area (Å²) in [6, 6.07) is 12.9. The molecular weight excluding hydrogens is 248 g/mol. The molecular formula is C17H22N2O. The molecule has 0 saturated heterocycles. The fourth-order valence-electron chi connectivity index (χ4n) is 2.30. The summed E-state index contributed by atoms with van der Waals surface area (Å²) in [6.07, 6.45) is 5.80. The van der Waals surface area contributed by atoms with E-state index >= 15 is 0 Å². The van der Waals surface area contributed by atoms with Crippen molar-refractivity contribution in [1.82, 2.24) is 10.3 Å². The lowest BCUT2D eigenvalue weighted by atomic mass is 9.99. The second-order valence-corrected chi connectivity index (χ2v) is 4.74. The number of aromatic nitrogens is 1. The predicted molar refractivity (Wildman–Crippen MR) is 82.0 cm³/mol. The highest BCUT2D eigenvalue weighted by atomic mass is 16.5. The fraction of sp³-hybridized carbons (Fsp3) is 0.353. The molecule has 0 spiro atoms. The lowest BCUT2D eigenvalue weighted by molar-refractivity contribution is 0.340. The first kappa shape index (κ1) is 14.5. The second kappa shape index (κ2) is 7.65. The molecule has 0 fully saturated rings. The molecule has 20 heavy (non-hydrogen) atoms. The average molecular weight is 270 g/mol. The molecule has 1 N–H and O–H groups in total. The topological polar surface area (TPSA) is 34.1 Å². The van der Waals surface area contributed by atoms with Gasteiger partial charge in [0.25, 0.3) is 0 Å². The van der Waals surface area contributed by atoms with E-state index in [1.165, 1.54) is 11.1 Å². The van der Waals surface area contributed by atoms with Gasteiger partial charge in [0.2, 0.25) is 0 Å². The zero-order valence-electron chi connectivity index (χ0n) is 12.2. The van der Waals surface area contributed by atoms with Crippen LogP contribution in [0.4, 0.5) is 0 Å². The Morgan fingerprint density at radius 2 is 1.80 bits per heavy atom. The molecule has 3 heteroatoms. The first-order valence-corrected chi connectivity index (χ1v) is 7.12. The molecule has 3 nitrogen and oxygen atoms in total. The molecule has 1 aromatic heterocycles. The standard InChI is InChI=1S/C17H22N2O/c1-3-20-16-7-5-15(6-8-16)17(18-2)9-4-14-10-12-19-13-11-14/h5-8,10-13,17-18H,3-4,9H2,1-2H3. The number of nitrogens with zero attached hydrogens (tertiary/aromatic N) is 1. The average Bonchev–Trinajstić information content (AvgIpc) is 2.51. The van der Waals surface area contributed by atoms with Gasteiger partial charge in [0, 0.05) is 18.4 Å². The Bertz CT molecular complexity index is 496. The predicted octanol–water partition coefficient (Wildman–Crippen LogP) is 3.37. The van der Waals surface area contributed by atoms with Crippen molar-refractivity contribution in [2.45, 2.75) is 25.8 Å². The van der Waals surface area contributed by atoms with E-state index in [2.05, 4.69) is 34.6 Å². The fourth-order valence-corrected chi connectivity index (χ4v) is 2.30. The lowest BCUT2D eigenvalue weighted by Gasteiger charge is -2.17. The zero-order chi connectivity index (χ0) is 14.2. The third-order valence-corrected chi connectivity index (χ3v) is 3.41. The number of hydrogen-bond acceptors (Lipinski definition) is 3. The van der Waals surface area contributed by atoms with E-state index in [-0.39, 0.29) is 0 Å². The van der Waals surface area contributed by atoms with Crippen molar-refractivity contribution in [3.63, 3.8) is 0 Å². The van der Waals surface area contributed by atoms with E-state index in [0.717, 1.165) is 18.6 Å². The Balaban J connectivity index is 1.97. The molecule has 1 heterocycles. The van der Waals surface area contributed by atoms with Crippen LogP contribution in [0.3, 0.4) is 0 Å². The Morgan fingerprint density at radius 1 is 1.10 bits per heavy atom. The highest BCUT2D eigenvalue weighted by molar-refractivity contribution is 5.29. The Kier molecular flexibility index (Phi) is 5.56. The second-order valence-electron chi connectivity index (χ2n) is 4.74. The molecule has 0 saturated carbocycles. The molecule has 2 aromatic rings. The minimum absolute atomic E-state index is 0.360. The summed E-state index contributed by atoms with van der Waals surface area (Å²) >= 11 is 0. The van der Waals surface area contributed by atoms with E-state index in [1.807, 2.05) is 38.5 Å². The summed E-state index contributed by atoms with van der Waals surface area (Å²) in [5.41, 5.74) is 2.62. The summed E-state index contributed by atoms with van der Waals surface area (Å²) in [4.78, 5) is 4.05. The minimum Gasteiger partial charge on any atom is -0.494 e. The van der Waals surface area contributed by atoms with Gasteiger partial charge in [-0.25, -0.2) is 0 Å². The maximum atomic E-state index is 5.48. The van der Waals surface area contributed by atoms with Crippen LogP contribution >= 0.6 is 0 Å². The van der Waals surface area contributed by atoms with Gasteiger partial charge in [-0.1, -0.05) is 12.1 Å². The Labute approximate surface area is 121 Å². The van der Waals surface area contributed by atoms with Gasteiger partial charge < -0.3 is 10.1 Å². The third-order valence-electron chi connectivity index (χ3n) is 3.41. The molecule has 0 aliphatic heterocycles. The van der Waals surface area contributed by atoms with Crippen LogP contribution in [0.2, 0.25) is 0 Å². The molecule has 1 atom stereocenters. The van der Waals surface area contributed by atoms with Crippen LogP contribution in [0.25, 0.3) is 0 Å². The van der Waals surface area contributed by atoms with Crippen molar-refractivity contribution in [2.24, 2.45) is 0 Å². The number of hydrogen-bond donors (Lipinski definition) is 1. The number of ether oxygens (including phenoxy) is 1. The normalized spacial score (nSPS) is 12.1. The van der Waals surface area contributed by atoms with Crippen LogP contribution in [-0.4, -0.2) is 18.6 Å². The van der Waals surface area contributed by atoms with Gasteiger partial charge >= 0.3 is 0 Å². The van der Waals surface area contributed by atoms with Crippen molar-refractivity contribution < 1.29 is 4.74 Å². The van der Waals surface area contributed by atoms with Crippen molar-refractivity contribution in [1.29, 1.82) is 0 Å². The molecule has 106 valence electrons. The van der Waals surface area contributed by atoms with E-state index in [1.54, 1.807) is 0 Å². The highest BCUT2D eigenvalue weighted by Crippen LogP contribution is 2.21. The van der Waals surface area contributed by atoms with Crippen molar-refractivity contribution in [2.75, 3.05) is 13.7 Å². The van der Waals surface area contributed by atoms with E-state index in [4.69, 9.17) is 4.74 Å². The summed E-state index contributed by atoms with van der Waals surface area (Å²) in [5, 5.41) is 3.38. The van der Waals surface area contributed by atoms with Crippen LogP contribution in [0.1, 0.15) is 30.5 Å². The molecule has 1 unspecified atom stereocenters. The van der Waals surface area contributed by atoms with Gasteiger partial charge in [0.15, 0.2) is 0 Å². The maximum Gasteiger partial charge on any atom is 0.119 e. The van der Waals surface area contributed by atoms with Gasteiger partial charge in [-0.2, -0.15) is 0 Å². The third kappa shape index (κ3) is 4.07. The Hall–Kier alpha value is -1.87. The first-order chi connectivity index (χ1) is 9.83. The highest BCUT2D eigenvalue weighted by Gasteiger charge is 2.09. The zero-order valence-corrected chi connectivity index (χ0v) is 12.2. The largest absolute Gasteiger partial charge is 0.494 e. The van der Waals surface area contributed by atoms with Gasteiger partial charge in [-0.15, -0.1) is 0 Å². The molecule has 0 radical (unpaired) electrons. The first-order valence-electron chi connectivity index (χ1n) is 7.12. The Morgan fingerprint density at radius 3 is 2.40 bits per heavy atom. The van der Waals surface area contributed by atoms with Crippen molar-refractivity contribution in [3.05, 3.63) is 59.9 Å². The minimum atomic E-state index is 0.360. The smallest absolute Gasteiger partial charge is 0.119 e. The monoisotopic (exact) mass is 270 g/mol. The SMILES string of the molecule is CCOc1ccc(C(CCc2ccncc2)NC)cc1. The molecule has 2 rings (SSSR count). The molecule has 1 aromatic carbocycles. The number of pyridine rings is 1. The van der Waals surface area contributed by atoms with Crippen LogP contribution in [0, 0.1) is 0 Å². The van der Waals surface area contributed by atoms with Crippen molar-refractivity contribution in [3.8, 4) is 5.75 Å². The van der Waals surface area contributed by atoms with Crippen molar-refractivity contribution >= 4 is 0 Å². The summed E-state index contributed by atoms with van der Waals surface area (Å²) in [6.45, 7) is 2.70. The van der Waals surface area contributed by atoms with Gasteiger partial charge in [-0.3, -0.25) is 4.98 Å². The number of benzene rings is 1. The molecule has 0 aliphatic rings. The van der Waals surface area contributed by atoms with Gasteiger partial charge in [-0.05, 0) is 62.2 Å². The lowest BCUT2D eigenvalue weighted by Crippen LogP contribution is -2.17. The van der Waals surface area contributed by atoms with Gasteiger partial charge in [0.05, 0.1) is 6.61 Å². The van der Waals surface area contributed by atoms with E-state index in [9.17, 15) is 0 Å². The number of nitrogens with one attached hydrogen (secondary N) is 1. The van der Waals surface area contributed by atoms with Gasteiger partial charge in [0.1, 0.15) is 5.75 Å². The van der Waals surface area contributed by atoms with E-state index in [0.29, 0.717) is 12.6 Å². The molecule has 0 aliphatic carbocycles. The summed E-state index contributed by atoms with van der Waals surface area (Å²) in [7, 11) is 2.01. The number of rotatable bonds is 7. The van der Waals surface area contributed by atoms with Crippen LogP contribution < -0.4 is 10.1 Å². The number of aryl methyl sites for hydroxylation is 1. The van der Waals surface area contributed by atoms with Crippen LogP contribution in [-0.2, 0) is 6.42 Å². The van der Waals surface area contributed by atoms with Crippen LogP contribution in [0.15, 0.2) is 48.8 Å². The maximum absolute atomic E-state index is 5.48. The van der Waals surface area contributed by atoms with Crippen LogP contribution in [0.5, 0.6) is 5.75 Å². The summed E-state index contributed by atoms with van der Waals surface area (Å²) in [5.74, 6) is 0.931. The quantitative estimate of drug-likeness (QED) is 0.837.